The lowest BCUT2D eigenvalue weighted by molar-refractivity contribution is -0.142. The minimum atomic E-state index is -1.26. The van der Waals surface area contributed by atoms with Crippen LogP contribution in [-0.4, -0.2) is 34.5 Å². The molecule has 1 aliphatic rings. The zero-order chi connectivity index (χ0) is 12.4. The Labute approximate surface area is 96.4 Å². The normalized spacial score (nSPS) is 19.3. The molecular weight excluding hydrogens is 226 g/mol. The van der Waals surface area contributed by atoms with Crippen molar-refractivity contribution in [2.45, 2.75) is 6.10 Å². The molecular formula is C11H9NO5. The van der Waals surface area contributed by atoms with Gasteiger partial charge in [-0.2, -0.15) is 0 Å². The van der Waals surface area contributed by atoms with Crippen molar-refractivity contribution in [3.8, 4) is 0 Å². The third-order valence-corrected chi connectivity index (χ3v) is 2.33. The lowest BCUT2D eigenvalue weighted by atomic mass is 10.1. The molecule has 0 aliphatic carbocycles. The molecule has 0 spiro atoms. The van der Waals surface area contributed by atoms with Crippen LogP contribution in [0.3, 0.4) is 0 Å². The molecule has 1 saturated heterocycles. The SMILES string of the molecule is O=C(O)CN1C(=O)O[C@H](c2ccccc2)C1=O. The van der Waals surface area contributed by atoms with Gasteiger partial charge in [-0.15, -0.1) is 0 Å². The van der Waals surface area contributed by atoms with Gasteiger partial charge in [-0.05, 0) is 0 Å². The number of benzene rings is 1. The third kappa shape index (κ3) is 2.10. The van der Waals surface area contributed by atoms with Crippen LogP contribution in [0.5, 0.6) is 0 Å². The molecule has 6 nitrogen and oxygen atoms in total. The Morgan fingerprint density at radius 1 is 1.29 bits per heavy atom. The van der Waals surface area contributed by atoms with Crippen molar-refractivity contribution < 1.29 is 24.2 Å². The molecule has 1 aliphatic heterocycles. The summed E-state index contributed by atoms with van der Waals surface area (Å²) in [6, 6.07) is 8.45. The van der Waals surface area contributed by atoms with Crippen LogP contribution in [0.1, 0.15) is 11.7 Å². The van der Waals surface area contributed by atoms with E-state index >= 15 is 0 Å². The summed E-state index contributed by atoms with van der Waals surface area (Å²) in [7, 11) is 0. The van der Waals surface area contributed by atoms with Gasteiger partial charge in [-0.25, -0.2) is 9.69 Å². The van der Waals surface area contributed by atoms with Gasteiger partial charge >= 0.3 is 12.1 Å². The Balaban J connectivity index is 2.22. The van der Waals surface area contributed by atoms with Gasteiger partial charge in [0.1, 0.15) is 6.54 Å². The van der Waals surface area contributed by atoms with Gasteiger partial charge in [0.2, 0.25) is 6.10 Å². The molecule has 0 saturated carbocycles. The number of rotatable bonds is 3. The summed E-state index contributed by atoms with van der Waals surface area (Å²) in [5, 5.41) is 8.56. The summed E-state index contributed by atoms with van der Waals surface area (Å²) < 4.78 is 4.85. The average molecular weight is 235 g/mol. The summed E-state index contributed by atoms with van der Waals surface area (Å²) in [6.45, 7) is -0.680. The van der Waals surface area contributed by atoms with E-state index in [9.17, 15) is 14.4 Å². The fourth-order valence-corrected chi connectivity index (χ4v) is 1.56. The number of hydrogen-bond donors (Lipinski definition) is 1. The first-order valence-electron chi connectivity index (χ1n) is 4.88. The van der Waals surface area contributed by atoms with Crippen molar-refractivity contribution >= 4 is 18.0 Å². The molecule has 1 atom stereocenters. The number of carbonyl (C=O) groups is 3. The van der Waals surface area contributed by atoms with E-state index in [2.05, 4.69) is 0 Å². The van der Waals surface area contributed by atoms with Crippen molar-refractivity contribution in [1.29, 1.82) is 0 Å². The Morgan fingerprint density at radius 2 is 1.94 bits per heavy atom. The first kappa shape index (κ1) is 11.1. The quantitative estimate of drug-likeness (QED) is 0.837. The number of amides is 2. The van der Waals surface area contributed by atoms with Crippen LogP contribution in [0, 0.1) is 0 Å². The number of cyclic esters (lactones) is 1. The van der Waals surface area contributed by atoms with E-state index in [4.69, 9.17) is 9.84 Å². The molecule has 2 amide bonds. The van der Waals surface area contributed by atoms with E-state index in [0.717, 1.165) is 0 Å². The van der Waals surface area contributed by atoms with Crippen LogP contribution in [0.25, 0.3) is 0 Å². The third-order valence-electron chi connectivity index (χ3n) is 2.33. The van der Waals surface area contributed by atoms with Gasteiger partial charge in [-0.3, -0.25) is 9.59 Å². The van der Waals surface area contributed by atoms with Gasteiger partial charge < -0.3 is 9.84 Å². The van der Waals surface area contributed by atoms with E-state index in [1.54, 1.807) is 30.3 Å². The second kappa shape index (κ2) is 4.25. The second-order valence-electron chi connectivity index (χ2n) is 3.49. The predicted molar refractivity (Wildman–Crippen MR) is 55.0 cm³/mol. The van der Waals surface area contributed by atoms with Crippen molar-refractivity contribution in [1.82, 2.24) is 4.90 Å². The molecule has 1 N–H and O–H groups in total. The minimum absolute atomic E-state index is 0.527. The van der Waals surface area contributed by atoms with Crippen LogP contribution in [-0.2, 0) is 14.3 Å². The Bertz CT molecular complexity index is 470. The van der Waals surface area contributed by atoms with Crippen LogP contribution in [0.2, 0.25) is 0 Å². The van der Waals surface area contributed by atoms with Gasteiger partial charge in [0.15, 0.2) is 0 Å². The largest absolute Gasteiger partial charge is 0.480 e. The highest BCUT2D eigenvalue weighted by Crippen LogP contribution is 2.26. The van der Waals surface area contributed by atoms with Gasteiger partial charge in [0.05, 0.1) is 0 Å². The Kier molecular flexibility index (Phi) is 2.78. The topological polar surface area (TPSA) is 83.9 Å². The molecule has 0 radical (unpaired) electrons. The fourth-order valence-electron chi connectivity index (χ4n) is 1.56. The molecule has 6 heteroatoms. The van der Waals surface area contributed by atoms with Gasteiger partial charge in [-0.1, -0.05) is 30.3 Å². The van der Waals surface area contributed by atoms with Crippen molar-refractivity contribution in [2.75, 3.05) is 6.54 Å². The molecule has 0 unspecified atom stereocenters. The number of carboxylic acids is 1. The predicted octanol–water partition coefficient (Wildman–Crippen LogP) is 0.791. The second-order valence-corrected chi connectivity index (χ2v) is 3.49. The van der Waals surface area contributed by atoms with Gasteiger partial charge in [0.25, 0.3) is 5.91 Å². The van der Waals surface area contributed by atoms with E-state index in [0.29, 0.717) is 10.5 Å². The Hall–Kier alpha value is -2.37. The number of aliphatic carboxylic acids is 1. The van der Waals surface area contributed by atoms with Crippen molar-refractivity contribution in [3.63, 3.8) is 0 Å². The molecule has 88 valence electrons. The van der Waals surface area contributed by atoms with E-state index in [1.165, 1.54) is 0 Å². The maximum atomic E-state index is 11.8. The number of nitrogens with zero attached hydrogens (tertiary/aromatic N) is 1. The Morgan fingerprint density at radius 3 is 2.53 bits per heavy atom. The zero-order valence-corrected chi connectivity index (χ0v) is 8.70. The van der Waals surface area contributed by atoms with Crippen LogP contribution >= 0.6 is 0 Å². The molecule has 1 fully saturated rings. The summed E-state index contributed by atoms with van der Waals surface area (Å²) in [5.41, 5.74) is 0.527. The van der Waals surface area contributed by atoms with E-state index in [-0.39, 0.29) is 0 Å². The minimum Gasteiger partial charge on any atom is -0.480 e. The molecule has 1 heterocycles. The average Bonchev–Trinajstić information content (AvgIpc) is 2.58. The lowest BCUT2D eigenvalue weighted by Gasteiger charge is -2.07. The standard InChI is InChI=1S/C11H9NO5/c13-8(14)6-12-10(15)9(17-11(12)16)7-4-2-1-3-5-7/h1-5,9H,6H2,(H,13,14)/t9-/m1/s1. The number of hydrogen-bond acceptors (Lipinski definition) is 4. The summed E-state index contributed by atoms with van der Waals surface area (Å²) in [5.74, 6) is -1.91. The molecule has 0 bridgehead atoms. The number of imide groups is 1. The van der Waals surface area contributed by atoms with Gasteiger partial charge in [0, 0.05) is 5.56 Å². The first-order chi connectivity index (χ1) is 8.09. The fraction of sp³-hybridized carbons (Fsp3) is 0.182. The molecule has 2 rings (SSSR count). The highest BCUT2D eigenvalue weighted by Gasteiger charge is 2.42. The maximum absolute atomic E-state index is 11.8. The molecule has 17 heavy (non-hydrogen) atoms. The van der Waals surface area contributed by atoms with Crippen molar-refractivity contribution in [2.24, 2.45) is 0 Å². The maximum Gasteiger partial charge on any atom is 0.418 e. The monoisotopic (exact) mass is 235 g/mol. The lowest BCUT2D eigenvalue weighted by Crippen LogP contribution is -2.34. The molecule has 1 aromatic carbocycles. The van der Waals surface area contributed by atoms with Crippen LogP contribution < -0.4 is 0 Å². The summed E-state index contributed by atoms with van der Waals surface area (Å²) >= 11 is 0. The number of carboxylic acid groups (broad SMARTS) is 1. The van der Waals surface area contributed by atoms with E-state index < -0.39 is 30.6 Å². The summed E-state index contributed by atoms with van der Waals surface area (Å²) in [6.07, 6.45) is -1.96. The van der Waals surface area contributed by atoms with E-state index in [1.807, 2.05) is 0 Å². The smallest absolute Gasteiger partial charge is 0.418 e. The highest BCUT2D eigenvalue weighted by atomic mass is 16.6. The highest BCUT2D eigenvalue weighted by molar-refractivity contribution is 6.02. The van der Waals surface area contributed by atoms with Crippen molar-refractivity contribution in [3.05, 3.63) is 35.9 Å². The first-order valence-corrected chi connectivity index (χ1v) is 4.88. The zero-order valence-electron chi connectivity index (χ0n) is 8.70. The summed E-state index contributed by atoms with van der Waals surface area (Å²) in [4.78, 5) is 34.2. The molecule has 0 aromatic heterocycles. The number of carbonyl (C=O) groups excluding carboxylic acids is 2. The molecule has 1 aromatic rings. The number of ether oxygens (including phenoxy) is 1. The van der Waals surface area contributed by atoms with Crippen LogP contribution in [0.15, 0.2) is 30.3 Å². The van der Waals surface area contributed by atoms with Crippen LogP contribution in [0.4, 0.5) is 4.79 Å².